The van der Waals surface area contributed by atoms with Gasteiger partial charge in [0.15, 0.2) is 0 Å². The summed E-state index contributed by atoms with van der Waals surface area (Å²) >= 11 is 0. The minimum absolute atomic E-state index is 0.213. The van der Waals surface area contributed by atoms with Crippen molar-refractivity contribution in [3.63, 3.8) is 0 Å². The third-order valence-corrected chi connectivity index (χ3v) is 5.43. The second-order valence-electron chi connectivity index (χ2n) is 6.81. The van der Waals surface area contributed by atoms with Gasteiger partial charge >= 0.3 is 0 Å². The molecule has 1 saturated heterocycles. The Labute approximate surface area is 144 Å². The second-order valence-corrected chi connectivity index (χ2v) is 6.81. The topological polar surface area (TPSA) is 55.6 Å². The molecule has 0 saturated carbocycles. The van der Waals surface area contributed by atoms with E-state index in [0.717, 1.165) is 64.1 Å². The number of benzene rings is 1. The Bertz CT molecular complexity index is 579. The van der Waals surface area contributed by atoms with Crippen molar-refractivity contribution in [2.45, 2.75) is 37.5 Å². The van der Waals surface area contributed by atoms with Gasteiger partial charge in [-0.3, -0.25) is 9.69 Å². The molecule has 1 aliphatic carbocycles. The van der Waals surface area contributed by atoms with Gasteiger partial charge in [0.05, 0.1) is 18.6 Å². The van der Waals surface area contributed by atoms with E-state index in [1.54, 1.807) is 0 Å². The fourth-order valence-electron chi connectivity index (χ4n) is 4.01. The monoisotopic (exact) mass is 328 g/mol. The summed E-state index contributed by atoms with van der Waals surface area (Å²) in [6, 6.07) is 10.1. The smallest absolute Gasteiger partial charge is 0.232 e. The predicted molar refractivity (Wildman–Crippen MR) is 95.7 cm³/mol. The van der Waals surface area contributed by atoms with Gasteiger partial charge in [-0.15, -0.1) is 0 Å². The first-order valence-corrected chi connectivity index (χ1v) is 9.08. The van der Waals surface area contributed by atoms with E-state index < -0.39 is 5.41 Å². The number of nitrogens with zero attached hydrogens (tertiary/aromatic N) is 1. The fraction of sp³-hybridized carbons (Fsp3) is 0.550. The highest BCUT2D eigenvalue weighted by atomic mass is 16.5. The zero-order chi connectivity index (χ0) is 16.8. The molecule has 2 aliphatic rings. The zero-order valence-electron chi connectivity index (χ0n) is 14.4. The van der Waals surface area contributed by atoms with Crippen molar-refractivity contribution in [3.8, 4) is 0 Å². The van der Waals surface area contributed by atoms with Crippen molar-refractivity contribution in [3.05, 3.63) is 47.5 Å². The van der Waals surface area contributed by atoms with Crippen LogP contribution in [0.1, 0.15) is 37.7 Å². The molecule has 1 amide bonds. The van der Waals surface area contributed by atoms with Gasteiger partial charge in [0.25, 0.3) is 0 Å². The van der Waals surface area contributed by atoms with E-state index in [4.69, 9.17) is 10.5 Å². The van der Waals surface area contributed by atoms with Crippen molar-refractivity contribution in [1.82, 2.24) is 4.90 Å². The van der Waals surface area contributed by atoms with E-state index in [-0.39, 0.29) is 5.91 Å². The number of allylic oxidation sites excluding steroid dienone is 1. The van der Waals surface area contributed by atoms with E-state index in [2.05, 4.69) is 23.1 Å². The molecule has 4 nitrogen and oxygen atoms in total. The van der Waals surface area contributed by atoms with E-state index in [1.807, 2.05) is 18.2 Å². The zero-order valence-corrected chi connectivity index (χ0v) is 14.4. The fourth-order valence-corrected chi connectivity index (χ4v) is 4.01. The Morgan fingerprint density at radius 2 is 1.92 bits per heavy atom. The number of carbonyl (C=O) groups is 1. The molecule has 1 aromatic rings. The molecule has 3 rings (SSSR count). The summed E-state index contributed by atoms with van der Waals surface area (Å²) in [5, 5.41) is 0. The normalized spacial score (nSPS) is 21.8. The molecule has 0 spiro atoms. The van der Waals surface area contributed by atoms with Crippen LogP contribution in [0.5, 0.6) is 0 Å². The van der Waals surface area contributed by atoms with Crippen molar-refractivity contribution in [1.29, 1.82) is 0 Å². The number of carbonyl (C=O) groups excluding carboxylic acids is 1. The lowest BCUT2D eigenvalue weighted by Crippen LogP contribution is -2.47. The first kappa shape index (κ1) is 17.2. The lowest BCUT2D eigenvalue weighted by atomic mass is 9.68. The largest absolute Gasteiger partial charge is 0.379 e. The number of hydrogen-bond acceptors (Lipinski definition) is 3. The van der Waals surface area contributed by atoms with Crippen LogP contribution in [0.25, 0.3) is 0 Å². The Kier molecular flexibility index (Phi) is 5.69. The quantitative estimate of drug-likeness (QED) is 0.817. The van der Waals surface area contributed by atoms with Crippen LogP contribution in [0.15, 0.2) is 42.0 Å². The Morgan fingerprint density at radius 3 is 2.54 bits per heavy atom. The third kappa shape index (κ3) is 3.55. The van der Waals surface area contributed by atoms with Crippen molar-refractivity contribution in [2.24, 2.45) is 5.73 Å². The summed E-state index contributed by atoms with van der Waals surface area (Å²) in [6.07, 6.45) is 7.39. The molecule has 1 aliphatic heterocycles. The SMILES string of the molecule is NC(=O)C(CCN1CCOCC1)(C1=CCCCC1)c1ccccc1. The summed E-state index contributed by atoms with van der Waals surface area (Å²) in [4.78, 5) is 15.1. The van der Waals surface area contributed by atoms with Crippen molar-refractivity contribution < 1.29 is 9.53 Å². The lowest BCUT2D eigenvalue weighted by molar-refractivity contribution is -0.122. The Hall–Kier alpha value is -1.65. The molecular weight excluding hydrogens is 300 g/mol. The molecule has 1 atom stereocenters. The number of ether oxygens (including phenoxy) is 1. The number of primary amides is 1. The standard InChI is InChI=1S/C20H28N2O2/c21-19(23)20(17-7-3-1-4-8-17,18-9-5-2-6-10-18)11-12-22-13-15-24-16-14-22/h1,3-4,7-9H,2,5-6,10-16H2,(H2,21,23). The summed E-state index contributed by atoms with van der Waals surface area (Å²) in [6.45, 7) is 4.29. The maximum absolute atomic E-state index is 12.7. The molecule has 0 bridgehead atoms. The van der Waals surface area contributed by atoms with Crippen LogP contribution in [-0.2, 0) is 14.9 Å². The van der Waals surface area contributed by atoms with Crippen molar-refractivity contribution in [2.75, 3.05) is 32.8 Å². The number of rotatable bonds is 6. The first-order chi connectivity index (χ1) is 11.7. The summed E-state index contributed by atoms with van der Waals surface area (Å²) in [5.41, 5.74) is 7.62. The van der Waals surface area contributed by atoms with Gasteiger partial charge in [-0.05, 0) is 44.2 Å². The van der Waals surface area contributed by atoms with Crippen LogP contribution in [-0.4, -0.2) is 43.7 Å². The Balaban J connectivity index is 1.91. The maximum atomic E-state index is 12.7. The van der Waals surface area contributed by atoms with Crippen LogP contribution in [0, 0.1) is 0 Å². The average molecular weight is 328 g/mol. The molecule has 1 fully saturated rings. The maximum Gasteiger partial charge on any atom is 0.232 e. The van der Waals surface area contributed by atoms with Crippen molar-refractivity contribution >= 4 is 5.91 Å². The van der Waals surface area contributed by atoms with Gasteiger partial charge in [0.1, 0.15) is 0 Å². The molecule has 1 aromatic carbocycles. The number of hydrogen-bond donors (Lipinski definition) is 1. The van der Waals surface area contributed by atoms with Gasteiger partial charge in [-0.25, -0.2) is 0 Å². The average Bonchev–Trinajstić information content (AvgIpc) is 2.65. The van der Waals surface area contributed by atoms with Gasteiger partial charge < -0.3 is 10.5 Å². The molecule has 1 unspecified atom stereocenters. The summed E-state index contributed by atoms with van der Waals surface area (Å²) in [7, 11) is 0. The highest BCUT2D eigenvalue weighted by Crippen LogP contribution is 2.40. The van der Waals surface area contributed by atoms with E-state index in [1.165, 1.54) is 12.0 Å². The van der Waals surface area contributed by atoms with E-state index in [0.29, 0.717) is 0 Å². The number of nitrogens with two attached hydrogens (primary N) is 1. The minimum atomic E-state index is -0.667. The molecule has 0 radical (unpaired) electrons. The second kappa shape index (κ2) is 7.95. The van der Waals surface area contributed by atoms with E-state index in [9.17, 15) is 4.79 Å². The van der Waals surface area contributed by atoms with Crippen LogP contribution in [0.3, 0.4) is 0 Å². The lowest BCUT2D eigenvalue weighted by Gasteiger charge is -2.38. The molecular formula is C20H28N2O2. The summed E-state index contributed by atoms with van der Waals surface area (Å²) < 4.78 is 5.44. The van der Waals surface area contributed by atoms with Gasteiger partial charge in [0.2, 0.25) is 5.91 Å². The first-order valence-electron chi connectivity index (χ1n) is 9.08. The highest BCUT2D eigenvalue weighted by Gasteiger charge is 2.42. The van der Waals surface area contributed by atoms with Gasteiger partial charge in [-0.1, -0.05) is 42.0 Å². The molecule has 24 heavy (non-hydrogen) atoms. The van der Waals surface area contributed by atoms with Crippen LogP contribution in [0.4, 0.5) is 0 Å². The molecule has 2 N–H and O–H groups in total. The minimum Gasteiger partial charge on any atom is -0.379 e. The Morgan fingerprint density at radius 1 is 1.17 bits per heavy atom. The molecule has 1 heterocycles. The molecule has 4 heteroatoms. The predicted octanol–water partition coefficient (Wildman–Crippen LogP) is 2.63. The number of morpholine rings is 1. The molecule has 130 valence electrons. The van der Waals surface area contributed by atoms with E-state index >= 15 is 0 Å². The summed E-state index contributed by atoms with van der Waals surface area (Å²) in [5.74, 6) is -0.213. The molecule has 0 aromatic heterocycles. The highest BCUT2D eigenvalue weighted by molar-refractivity contribution is 5.90. The van der Waals surface area contributed by atoms with Gasteiger partial charge in [-0.2, -0.15) is 0 Å². The van der Waals surface area contributed by atoms with Crippen LogP contribution >= 0.6 is 0 Å². The van der Waals surface area contributed by atoms with Crippen LogP contribution < -0.4 is 5.73 Å². The van der Waals surface area contributed by atoms with Gasteiger partial charge in [0, 0.05) is 13.1 Å². The van der Waals surface area contributed by atoms with Crippen LogP contribution in [0.2, 0.25) is 0 Å². The number of amides is 1. The third-order valence-electron chi connectivity index (χ3n) is 5.43.